The molecule has 1 aliphatic heterocycles. The summed E-state index contributed by atoms with van der Waals surface area (Å²) in [5.41, 5.74) is 2.96. The highest BCUT2D eigenvalue weighted by molar-refractivity contribution is 7.89. The van der Waals surface area contributed by atoms with Crippen molar-refractivity contribution in [2.75, 3.05) is 31.3 Å². The minimum absolute atomic E-state index is 0.0176. The van der Waals surface area contributed by atoms with E-state index >= 15 is 0 Å². The number of aliphatic hydroxyl groups excluding tert-OH is 2. The minimum atomic E-state index is -3.52. The van der Waals surface area contributed by atoms with Crippen molar-refractivity contribution >= 4 is 27.0 Å². The molecule has 0 unspecified atom stereocenters. The number of aliphatic hydroxyl groups is 2. The molecule has 13 heteroatoms. The zero-order valence-electron chi connectivity index (χ0n) is 23.5. The molecule has 2 aromatic heterocycles. The summed E-state index contributed by atoms with van der Waals surface area (Å²) in [5.74, 6) is 0.580. The van der Waals surface area contributed by atoms with Gasteiger partial charge in [0.2, 0.25) is 10.0 Å². The molecule has 42 heavy (non-hydrogen) atoms. The molecule has 2 aromatic carbocycles. The smallest absolute Gasteiger partial charge is 0.211 e. The van der Waals surface area contributed by atoms with Gasteiger partial charge in [0.25, 0.3) is 0 Å². The Bertz CT molecular complexity index is 1530. The third kappa shape index (κ3) is 6.61. The molecule has 224 valence electrons. The Morgan fingerprint density at radius 3 is 2.31 bits per heavy atom. The Kier molecular flexibility index (Phi) is 9.46. The van der Waals surface area contributed by atoms with Crippen LogP contribution in [0.1, 0.15) is 42.4 Å². The van der Waals surface area contributed by atoms with E-state index in [9.17, 15) is 18.6 Å². The summed E-state index contributed by atoms with van der Waals surface area (Å²) in [5, 5.41) is 24.7. The van der Waals surface area contributed by atoms with Gasteiger partial charge in [-0.15, -0.1) is 0 Å². The fourth-order valence-electron chi connectivity index (χ4n) is 5.12. The number of benzene rings is 2. The maximum Gasteiger partial charge on any atom is 0.211 e. The van der Waals surface area contributed by atoms with Crippen molar-refractivity contribution in [2.45, 2.75) is 50.3 Å². The van der Waals surface area contributed by atoms with Crippen molar-refractivity contribution in [2.24, 2.45) is 0 Å². The molecule has 5 rings (SSSR count). The van der Waals surface area contributed by atoms with E-state index in [1.165, 1.54) is 18.0 Å². The Balaban J connectivity index is 1.51. The standard InChI is InChI=1S/C29H36N6O6S/c1-3-14-42(38,39)32-16-23-33-27(30-15-21(19-10-6-4-7-11-19)20-12-8-5-9-13-20)24-28(34-23)35(18-31-24)29-26(37)25(36)22(41-29)17-40-2/h4-13,18,21-22,25-26,29,32,36-37H,3,14-17H2,1-2H3,(H,30,33,34)/t22-,25+,26-,29-/m1/s1. The summed E-state index contributed by atoms with van der Waals surface area (Å²) < 4.78 is 39.9. The second-order valence-electron chi connectivity index (χ2n) is 10.2. The molecule has 0 aliphatic carbocycles. The SMILES string of the molecule is CCCS(=O)(=O)NCc1nc(NCC(c2ccccc2)c2ccccc2)c2ncn([C@@H]3O[C@H](COC)[C@H](O)[C@H]3O)c2n1. The normalized spacial score (nSPS) is 20.9. The highest BCUT2D eigenvalue weighted by Crippen LogP contribution is 2.33. The summed E-state index contributed by atoms with van der Waals surface area (Å²) in [4.78, 5) is 13.8. The number of fused-ring (bicyclic) bond motifs is 1. The second kappa shape index (κ2) is 13.2. The molecule has 0 saturated carbocycles. The molecule has 12 nitrogen and oxygen atoms in total. The number of aromatic nitrogens is 4. The van der Waals surface area contributed by atoms with Gasteiger partial charge in [-0.3, -0.25) is 4.57 Å². The topological polar surface area (TPSA) is 161 Å². The number of methoxy groups -OCH3 is 1. The molecular weight excluding hydrogens is 560 g/mol. The number of anilines is 1. The summed E-state index contributed by atoms with van der Waals surface area (Å²) in [6.07, 6.45) is -2.23. The van der Waals surface area contributed by atoms with Gasteiger partial charge in [0.05, 0.1) is 25.2 Å². The molecule has 1 aliphatic rings. The predicted molar refractivity (Wildman–Crippen MR) is 157 cm³/mol. The van der Waals surface area contributed by atoms with Gasteiger partial charge in [-0.25, -0.2) is 28.1 Å². The van der Waals surface area contributed by atoms with Crippen molar-refractivity contribution in [3.8, 4) is 0 Å². The molecule has 4 N–H and O–H groups in total. The van der Waals surface area contributed by atoms with Crippen LogP contribution in [-0.4, -0.2) is 82.5 Å². The summed E-state index contributed by atoms with van der Waals surface area (Å²) in [6.45, 7) is 2.21. The fourth-order valence-corrected chi connectivity index (χ4v) is 6.15. The summed E-state index contributed by atoms with van der Waals surface area (Å²) >= 11 is 0. The Labute approximate surface area is 244 Å². The van der Waals surface area contributed by atoms with Gasteiger partial charge in [0, 0.05) is 19.6 Å². The molecule has 0 radical (unpaired) electrons. The highest BCUT2D eigenvalue weighted by Gasteiger charge is 2.44. The van der Waals surface area contributed by atoms with Crippen LogP contribution in [0.3, 0.4) is 0 Å². The number of hydrogen-bond donors (Lipinski definition) is 4. The third-order valence-corrected chi connectivity index (χ3v) is 8.74. The average molecular weight is 597 g/mol. The van der Waals surface area contributed by atoms with E-state index in [0.717, 1.165) is 11.1 Å². The van der Waals surface area contributed by atoms with E-state index in [-0.39, 0.29) is 30.6 Å². The number of hydrogen-bond acceptors (Lipinski definition) is 10. The Morgan fingerprint density at radius 1 is 1.02 bits per heavy atom. The molecule has 4 aromatic rings. The van der Waals surface area contributed by atoms with Crippen molar-refractivity contribution < 1.29 is 28.1 Å². The summed E-state index contributed by atoms with van der Waals surface area (Å²) in [6, 6.07) is 20.2. The van der Waals surface area contributed by atoms with Gasteiger partial charge in [0.15, 0.2) is 23.2 Å². The molecule has 4 atom stereocenters. The summed E-state index contributed by atoms with van der Waals surface area (Å²) in [7, 11) is -2.04. The van der Waals surface area contributed by atoms with Crippen molar-refractivity contribution in [3.05, 3.63) is 83.9 Å². The lowest BCUT2D eigenvalue weighted by molar-refractivity contribution is -0.0580. The Morgan fingerprint density at radius 2 is 1.69 bits per heavy atom. The number of sulfonamides is 1. The molecule has 3 heterocycles. The first-order valence-corrected chi connectivity index (χ1v) is 15.5. The maximum atomic E-state index is 12.4. The van der Waals surface area contributed by atoms with Crippen LogP contribution in [0, 0.1) is 0 Å². The molecule has 1 saturated heterocycles. The van der Waals surface area contributed by atoms with E-state index in [4.69, 9.17) is 9.47 Å². The molecule has 1 fully saturated rings. The van der Waals surface area contributed by atoms with Crippen molar-refractivity contribution in [3.63, 3.8) is 0 Å². The van der Waals surface area contributed by atoms with Gasteiger partial charge < -0.3 is 25.0 Å². The monoisotopic (exact) mass is 596 g/mol. The van der Waals surface area contributed by atoms with Crippen LogP contribution in [0.25, 0.3) is 11.2 Å². The minimum Gasteiger partial charge on any atom is -0.387 e. The van der Waals surface area contributed by atoms with Crippen LogP contribution in [0.4, 0.5) is 5.82 Å². The first kappa shape index (κ1) is 30.0. The number of rotatable bonds is 13. The molecular formula is C29H36N6O6S. The van der Waals surface area contributed by atoms with Crippen LogP contribution >= 0.6 is 0 Å². The lowest BCUT2D eigenvalue weighted by Gasteiger charge is -2.20. The van der Waals surface area contributed by atoms with Crippen molar-refractivity contribution in [1.29, 1.82) is 0 Å². The van der Waals surface area contributed by atoms with E-state index in [1.807, 2.05) is 36.4 Å². The van der Waals surface area contributed by atoms with Crippen LogP contribution in [0.2, 0.25) is 0 Å². The lowest BCUT2D eigenvalue weighted by Crippen LogP contribution is -2.33. The van der Waals surface area contributed by atoms with E-state index < -0.39 is 34.6 Å². The molecule has 0 bridgehead atoms. The van der Waals surface area contributed by atoms with Gasteiger partial charge in [0.1, 0.15) is 24.1 Å². The number of nitrogens with one attached hydrogen (secondary N) is 2. The van der Waals surface area contributed by atoms with Crippen LogP contribution in [0.15, 0.2) is 67.0 Å². The lowest BCUT2D eigenvalue weighted by atomic mass is 9.91. The van der Waals surface area contributed by atoms with Gasteiger partial charge in [-0.05, 0) is 17.5 Å². The Hall–Kier alpha value is -3.46. The van der Waals surface area contributed by atoms with E-state index in [2.05, 4.69) is 49.3 Å². The highest BCUT2D eigenvalue weighted by atomic mass is 32.2. The van der Waals surface area contributed by atoms with Crippen molar-refractivity contribution in [1.82, 2.24) is 24.2 Å². The second-order valence-corrected chi connectivity index (χ2v) is 12.1. The van der Waals surface area contributed by atoms with Gasteiger partial charge in [-0.2, -0.15) is 0 Å². The number of imidazole rings is 1. The zero-order valence-corrected chi connectivity index (χ0v) is 24.3. The zero-order chi connectivity index (χ0) is 29.7. The quantitative estimate of drug-likeness (QED) is 0.180. The number of nitrogens with zero attached hydrogens (tertiary/aromatic N) is 4. The first-order valence-electron chi connectivity index (χ1n) is 13.9. The maximum absolute atomic E-state index is 12.4. The number of ether oxygens (including phenoxy) is 2. The van der Waals surface area contributed by atoms with E-state index in [0.29, 0.717) is 29.9 Å². The van der Waals surface area contributed by atoms with Crippen LogP contribution in [0.5, 0.6) is 0 Å². The fraction of sp³-hybridized carbons (Fsp3) is 0.414. The average Bonchev–Trinajstić information content (AvgIpc) is 3.54. The largest absolute Gasteiger partial charge is 0.387 e. The molecule has 0 spiro atoms. The molecule has 0 amide bonds. The van der Waals surface area contributed by atoms with Crippen LogP contribution in [-0.2, 0) is 26.0 Å². The van der Waals surface area contributed by atoms with Crippen LogP contribution < -0.4 is 10.0 Å². The predicted octanol–water partition coefficient (Wildman–Crippen LogP) is 2.17. The first-order chi connectivity index (χ1) is 20.3. The van der Waals surface area contributed by atoms with Gasteiger partial charge >= 0.3 is 0 Å². The van der Waals surface area contributed by atoms with Gasteiger partial charge in [-0.1, -0.05) is 67.6 Å². The third-order valence-electron chi connectivity index (χ3n) is 7.21. The van der Waals surface area contributed by atoms with E-state index in [1.54, 1.807) is 6.92 Å².